The molecule has 27 heavy (non-hydrogen) atoms. The number of nitrogens with one attached hydrogen (secondary N) is 1. The van der Waals surface area contributed by atoms with Gasteiger partial charge in [-0.2, -0.15) is 4.31 Å². The molecule has 0 radical (unpaired) electrons. The van der Waals surface area contributed by atoms with Crippen molar-refractivity contribution in [2.45, 2.75) is 16.7 Å². The minimum atomic E-state index is -3.66. The molecular weight excluding hydrogens is 384 g/mol. The number of anilines is 1. The van der Waals surface area contributed by atoms with Crippen molar-refractivity contribution in [1.82, 2.24) is 4.31 Å². The van der Waals surface area contributed by atoms with Crippen LogP contribution in [0.2, 0.25) is 0 Å². The van der Waals surface area contributed by atoms with Gasteiger partial charge in [0.25, 0.3) is 5.91 Å². The number of amides is 1. The first kappa shape index (κ1) is 19.9. The monoisotopic (exact) mass is 406 g/mol. The van der Waals surface area contributed by atoms with Crippen molar-refractivity contribution in [1.29, 1.82) is 0 Å². The number of hydrogen-bond acceptors (Lipinski definition) is 5. The summed E-state index contributed by atoms with van der Waals surface area (Å²) in [6.45, 7) is 3.13. The van der Waals surface area contributed by atoms with Crippen LogP contribution in [0.25, 0.3) is 0 Å². The first-order chi connectivity index (χ1) is 12.9. The highest BCUT2D eigenvalue weighted by Gasteiger charge is 2.28. The lowest BCUT2D eigenvalue weighted by Gasteiger charge is -2.26. The number of rotatable bonds is 5. The number of aryl methyl sites for hydroxylation is 1. The predicted octanol–water partition coefficient (Wildman–Crippen LogP) is 2.99. The van der Waals surface area contributed by atoms with Gasteiger partial charge in [-0.25, -0.2) is 8.42 Å². The van der Waals surface area contributed by atoms with Gasteiger partial charge in [-0.3, -0.25) is 4.79 Å². The number of nitrogens with zero attached hydrogens (tertiary/aromatic N) is 1. The minimum Gasteiger partial charge on any atom is -0.379 e. The summed E-state index contributed by atoms with van der Waals surface area (Å²) < 4.78 is 32.6. The first-order valence-electron chi connectivity index (χ1n) is 8.56. The largest absolute Gasteiger partial charge is 0.379 e. The van der Waals surface area contributed by atoms with Gasteiger partial charge in [-0.1, -0.05) is 12.1 Å². The Morgan fingerprint density at radius 1 is 1.15 bits per heavy atom. The summed E-state index contributed by atoms with van der Waals surface area (Å²) in [5.74, 6) is -0.341. The second-order valence-electron chi connectivity index (χ2n) is 6.18. The minimum absolute atomic E-state index is 0.162. The maximum absolute atomic E-state index is 13.0. The van der Waals surface area contributed by atoms with Crippen LogP contribution in [0.5, 0.6) is 0 Å². The van der Waals surface area contributed by atoms with Crippen molar-refractivity contribution in [3.63, 3.8) is 0 Å². The SMILES string of the molecule is CSc1cccc(NC(=O)c2ccc(C)c(S(=O)(=O)N3CCOCC3)c2)c1. The maximum Gasteiger partial charge on any atom is 0.255 e. The summed E-state index contributed by atoms with van der Waals surface area (Å²) in [7, 11) is -3.66. The summed E-state index contributed by atoms with van der Waals surface area (Å²) >= 11 is 1.58. The fourth-order valence-electron chi connectivity index (χ4n) is 2.85. The van der Waals surface area contributed by atoms with Crippen LogP contribution in [-0.4, -0.2) is 51.2 Å². The zero-order valence-electron chi connectivity index (χ0n) is 15.3. The highest BCUT2D eigenvalue weighted by atomic mass is 32.2. The fourth-order valence-corrected chi connectivity index (χ4v) is 4.97. The summed E-state index contributed by atoms with van der Waals surface area (Å²) in [4.78, 5) is 13.8. The number of hydrogen-bond donors (Lipinski definition) is 1. The average Bonchev–Trinajstić information content (AvgIpc) is 2.69. The van der Waals surface area contributed by atoms with Gasteiger partial charge in [-0.15, -0.1) is 11.8 Å². The molecule has 2 aromatic rings. The maximum atomic E-state index is 13.0. The van der Waals surface area contributed by atoms with E-state index in [2.05, 4.69) is 5.32 Å². The molecule has 0 saturated carbocycles. The molecule has 1 aliphatic rings. The number of benzene rings is 2. The lowest BCUT2D eigenvalue weighted by atomic mass is 10.1. The predicted molar refractivity (Wildman–Crippen MR) is 107 cm³/mol. The van der Waals surface area contributed by atoms with E-state index in [1.165, 1.54) is 10.4 Å². The quantitative estimate of drug-likeness (QED) is 0.773. The number of carbonyl (C=O) groups excluding carboxylic acids is 1. The molecule has 0 aliphatic carbocycles. The van der Waals surface area contributed by atoms with Crippen LogP contribution in [0.3, 0.4) is 0 Å². The van der Waals surface area contributed by atoms with Gasteiger partial charge in [0, 0.05) is 29.2 Å². The zero-order chi connectivity index (χ0) is 19.4. The molecule has 144 valence electrons. The summed E-state index contributed by atoms with van der Waals surface area (Å²) in [6, 6.07) is 12.3. The molecule has 0 aromatic heterocycles. The van der Waals surface area contributed by atoms with Gasteiger partial charge in [0.1, 0.15) is 0 Å². The van der Waals surface area contributed by atoms with E-state index in [0.717, 1.165) is 4.90 Å². The van der Waals surface area contributed by atoms with E-state index in [1.54, 1.807) is 36.9 Å². The lowest BCUT2D eigenvalue weighted by Crippen LogP contribution is -2.40. The van der Waals surface area contributed by atoms with Crippen molar-refractivity contribution in [3.8, 4) is 0 Å². The Morgan fingerprint density at radius 3 is 2.59 bits per heavy atom. The number of morpholine rings is 1. The average molecular weight is 407 g/mol. The third kappa shape index (κ3) is 4.52. The van der Waals surface area contributed by atoms with Gasteiger partial charge in [0.15, 0.2) is 0 Å². The highest BCUT2D eigenvalue weighted by Crippen LogP contribution is 2.24. The number of sulfonamides is 1. The zero-order valence-corrected chi connectivity index (χ0v) is 16.9. The molecule has 0 spiro atoms. The molecular formula is C19H22N2O4S2. The Bertz CT molecular complexity index is 938. The molecule has 1 aliphatic heterocycles. The fraction of sp³-hybridized carbons (Fsp3) is 0.316. The van der Waals surface area contributed by atoms with E-state index < -0.39 is 10.0 Å². The van der Waals surface area contributed by atoms with E-state index in [4.69, 9.17) is 4.74 Å². The van der Waals surface area contributed by atoms with Gasteiger partial charge in [0.2, 0.25) is 10.0 Å². The summed E-state index contributed by atoms with van der Waals surface area (Å²) in [6.07, 6.45) is 1.96. The van der Waals surface area contributed by atoms with Crippen LogP contribution in [0.15, 0.2) is 52.3 Å². The number of ether oxygens (including phenoxy) is 1. The van der Waals surface area contributed by atoms with Crippen LogP contribution in [0.4, 0.5) is 5.69 Å². The van der Waals surface area contributed by atoms with Crippen LogP contribution in [-0.2, 0) is 14.8 Å². The number of thioether (sulfide) groups is 1. The van der Waals surface area contributed by atoms with Gasteiger partial charge >= 0.3 is 0 Å². The topological polar surface area (TPSA) is 75.7 Å². The molecule has 6 nitrogen and oxygen atoms in total. The van der Waals surface area contributed by atoms with E-state index in [0.29, 0.717) is 43.1 Å². The van der Waals surface area contributed by atoms with Crippen LogP contribution >= 0.6 is 11.8 Å². The Morgan fingerprint density at radius 2 is 1.89 bits per heavy atom. The van der Waals surface area contributed by atoms with Crippen LogP contribution in [0.1, 0.15) is 15.9 Å². The molecule has 1 amide bonds. The molecule has 3 rings (SSSR count). The Labute approximate surface area is 164 Å². The smallest absolute Gasteiger partial charge is 0.255 e. The molecule has 0 unspecified atom stereocenters. The van der Waals surface area contributed by atoms with Crippen LogP contribution < -0.4 is 5.32 Å². The normalized spacial score (nSPS) is 15.5. The molecule has 2 aromatic carbocycles. The first-order valence-corrected chi connectivity index (χ1v) is 11.2. The van der Waals surface area contributed by atoms with Crippen molar-refractivity contribution in [3.05, 3.63) is 53.6 Å². The van der Waals surface area contributed by atoms with E-state index in [1.807, 2.05) is 24.5 Å². The van der Waals surface area contributed by atoms with E-state index >= 15 is 0 Å². The van der Waals surface area contributed by atoms with Gasteiger partial charge < -0.3 is 10.1 Å². The second kappa shape index (κ2) is 8.43. The molecule has 1 N–H and O–H groups in total. The number of carbonyl (C=O) groups is 1. The summed E-state index contributed by atoms with van der Waals surface area (Å²) in [5.41, 5.74) is 1.59. The van der Waals surface area contributed by atoms with Gasteiger partial charge in [-0.05, 0) is 49.1 Å². The molecule has 1 saturated heterocycles. The Hall–Kier alpha value is -1.87. The standard InChI is InChI=1S/C19H22N2O4S2/c1-14-6-7-15(19(22)20-16-4-3-5-17(13-16)26-2)12-18(14)27(23,24)21-8-10-25-11-9-21/h3-7,12-13H,8-11H2,1-2H3,(H,20,22). The third-order valence-corrected chi connectivity index (χ3v) is 7.13. The third-order valence-electron chi connectivity index (χ3n) is 4.37. The molecule has 0 atom stereocenters. The van der Waals surface area contributed by atoms with E-state index in [9.17, 15) is 13.2 Å². The molecule has 8 heteroatoms. The molecule has 0 bridgehead atoms. The lowest BCUT2D eigenvalue weighted by molar-refractivity contribution is 0.0730. The Kier molecular flexibility index (Phi) is 6.21. The van der Waals surface area contributed by atoms with Crippen molar-refractivity contribution >= 4 is 33.4 Å². The summed E-state index contributed by atoms with van der Waals surface area (Å²) in [5, 5.41) is 2.83. The molecule has 1 fully saturated rings. The van der Waals surface area contributed by atoms with E-state index in [-0.39, 0.29) is 10.8 Å². The van der Waals surface area contributed by atoms with Crippen molar-refractivity contribution < 1.29 is 17.9 Å². The van der Waals surface area contributed by atoms with Crippen molar-refractivity contribution in [2.75, 3.05) is 37.9 Å². The van der Waals surface area contributed by atoms with Crippen LogP contribution in [0, 0.1) is 6.92 Å². The van der Waals surface area contributed by atoms with Crippen molar-refractivity contribution in [2.24, 2.45) is 0 Å². The van der Waals surface area contributed by atoms with Gasteiger partial charge in [0.05, 0.1) is 18.1 Å². The second-order valence-corrected chi connectivity index (χ2v) is 8.97. The molecule has 1 heterocycles. The Balaban J connectivity index is 1.87. The highest BCUT2D eigenvalue weighted by molar-refractivity contribution is 7.98.